The molecule has 0 radical (unpaired) electrons. The number of fused-ring (bicyclic) bond motifs is 8. The summed E-state index contributed by atoms with van der Waals surface area (Å²) in [6.07, 6.45) is 5.89. The number of nitrogens with zero attached hydrogens (tertiary/aromatic N) is 2. The number of rotatable bonds is 5. The van der Waals surface area contributed by atoms with Crippen LogP contribution in [-0.2, 0) is 10.8 Å². The van der Waals surface area contributed by atoms with Gasteiger partial charge in [-0.15, -0.1) is 0 Å². The van der Waals surface area contributed by atoms with E-state index in [0.717, 1.165) is 28.4 Å². The van der Waals surface area contributed by atoms with E-state index in [1.807, 2.05) is 6.07 Å². The number of hydrogen-bond donors (Lipinski definition) is 1. The first-order chi connectivity index (χ1) is 28.0. The van der Waals surface area contributed by atoms with Crippen molar-refractivity contribution in [1.29, 1.82) is 0 Å². The summed E-state index contributed by atoms with van der Waals surface area (Å²) in [4.78, 5) is 10.5. The number of hydrogen-bond acceptors (Lipinski definition) is 3. The molecule has 7 aromatic carbocycles. The Morgan fingerprint density at radius 3 is 1.79 bits per heavy atom. The first kappa shape index (κ1) is 34.0. The first-order valence-corrected chi connectivity index (χ1v) is 20.6. The highest BCUT2D eigenvalue weighted by Crippen LogP contribution is 2.61. The maximum atomic E-state index is 5.30. The van der Waals surface area contributed by atoms with Gasteiger partial charge in [0, 0.05) is 22.0 Å². The van der Waals surface area contributed by atoms with Gasteiger partial charge in [-0.3, -0.25) is 0 Å². The molecule has 1 saturated carbocycles. The van der Waals surface area contributed by atoms with Gasteiger partial charge in [-0.05, 0) is 103 Å². The van der Waals surface area contributed by atoms with Crippen LogP contribution < -0.4 is 5.32 Å². The average molecular weight is 736 g/mol. The Bertz CT molecular complexity index is 2750. The Morgan fingerprint density at radius 1 is 0.439 bits per heavy atom. The lowest BCUT2D eigenvalue weighted by Crippen LogP contribution is -2.36. The Labute approximate surface area is 335 Å². The predicted octanol–water partition coefficient (Wildman–Crippen LogP) is 13.1. The molecule has 3 aliphatic carbocycles. The van der Waals surface area contributed by atoms with Gasteiger partial charge < -0.3 is 5.32 Å². The molecule has 0 saturated heterocycles. The molecule has 1 spiro atoms. The van der Waals surface area contributed by atoms with Crippen LogP contribution in [0.1, 0.15) is 91.1 Å². The highest BCUT2D eigenvalue weighted by atomic mass is 15.2. The van der Waals surface area contributed by atoms with Crippen LogP contribution in [0.15, 0.2) is 174 Å². The van der Waals surface area contributed by atoms with E-state index in [4.69, 9.17) is 9.98 Å². The highest BCUT2D eigenvalue weighted by molar-refractivity contribution is 6.16. The fourth-order valence-electron chi connectivity index (χ4n) is 10.5. The smallest absolute Gasteiger partial charge is 0.169 e. The van der Waals surface area contributed by atoms with Gasteiger partial charge >= 0.3 is 0 Å². The summed E-state index contributed by atoms with van der Waals surface area (Å²) in [5, 5.41) is 3.66. The second-order valence-corrected chi connectivity index (χ2v) is 16.9. The van der Waals surface area contributed by atoms with E-state index in [-0.39, 0.29) is 17.0 Å². The minimum absolute atomic E-state index is 0.0482. The molecule has 11 rings (SSSR count). The minimum Gasteiger partial charge on any atom is -0.324 e. The van der Waals surface area contributed by atoms with E-state index in [1.54, 1.807) is 0 Å². The molecule has 3 nitrogen and oxygen atoms in total. The number of amidine groups is 2. The van der Waals surface area contributed by atoms with Crippen molar-refractivity contribution in [2.24, 2.45) is 9.98 Å². The molecule has 0 aromatic heterocycles. The second kappa shape index (κ2) is 13.1. The van der Waals surface area contributed by atoms with Crippen molar-refractivity contribution in [2.45, 2.75) is 62.9 Å². The van der Waals surface area contributed by atoms with Gasteiger partial charge in [0.2, 0.25) is 0 Å². The van der Waals surface area contributed by atoms with Crippen molar-refractivity contribution in [3.8, 4) is 44.5 Å². The van der Waals surface area contributed by atoms with Crippen LogP contribution in [-0.4, -0.2) is 11.7 Å². The Kier molecular flexibility index (Phi) is 7.83. The Morgan fingerprint density at radius 2 is 1.02 bits per heavy atom. The minimum atomic E-state index is -0.376. The molecule has 0 bridgehead atoms. The first-order valence-electron chi connectivity index (χ1n) is 20.6. The van der Waals surface area contributed by atoms with Crippen LogP contribution in [0.25, 0.3) is 44.5 Å². The summed E-state index contributed by atoms with van der Waals surface area (Å²) in [5.41, 5.74) is 19.7. The van der Waals surface area contributed by atoms with E-state index >= 15 is 0 Å². The summed E-state index contributed by atoms with van der Waals surface area (Å²) < 4.78 is 0. The van der Waals surface area contributed by atoms with Crippen molar-refractivity contribution < 1.29 is 0 Å². The maximum Gasteiger partial charge on any atom is 0.169 e. The van der Waals surface area contributed by atoms with Crippen molar-refractivity contribution in [1.82, 2.24) is 5.32 Å². The topological polar surface area (TPSA) is 36.8 Å². The predicted molar refractivity (Wildman–Crippen MR) is 236 cm³/mol. The average Bonchev–Trinajstić information content (AvgIpc) is 3.67. The molecule has 0 amide bonds. The fourth-order valence-corrected chi connectivity index (χ4v) is 10.5. The van der Waals surface area contributed by atoms with Gasteiger partial charge in [-0.2, -0.15) is 0 Å². The van der Waals surface area contributed by atoms with E-state index in [2.05, 4.69) is 177 Å². The lowest BCUT2D eigenvalue weighted by Gasteiger charge is -2.36. The normalized spacial score (nSPS) is 18.1. The number of aliphatic imine (C=N–C) groups is 2. The Hall–Kier alpha value is -6.32. The maximum absolute atomic E-state index is 5.30. The third-order valence-electron chi connectivity index (χ3n) is 13.3. The van der Waals surface area contributed by atoms with Crippen molar-refractivity contribution >= 4 is 11.7 Å². The number of nitrogens with one attached hydrogen (secondary N) is 1. The molecule has 57 heavy (non-hydrogen) atoms. The summed E-state index contributed by atoms with van der Waals surface area (Å²) >= 11 is 0. The molecule has 1 aliphatic heterocycles. The van der Waals surface area contributed by atoms with Crippen LogP contribution in [0.3, 0.4) is 0 Å². The van der Waals surface area contributed by atoms with Gasteiger partial charge in [0.15, 0.2) is 6.17 Å². The molecule has 1 N–H and O–H groups in total. The lowest BCUT2D eigenvalue weighted by molar-refractivity contribution is 0.353. The van der Waals surface area contributed by atoms with Gasteiger partial charge in [-0.1, -0.05) is 179 Å². The second-order valence-electron chi connectivity index (χ2n) is 16.9. The molecule has 276 valence electrons. The summed E-state index contributed by atoms with van der Waals surface area (Å²) in [5.74, 6) is 1.66. The SMILES string of the molecule is CC1(C)c2ccccc2-c2cc3c(cc21)-c1c(-c2cccc(C4=NC(c5ccc(-c6ccccc6)cc5)N=C(c5ccccc5)N4)c2)cccc1C31CCCCC1. The van der Waals surface area contributed by atoms with Crippen LogP contribution in [0.5, 0.6) is 0 Å². The van der Waals surface area contributed by atoms with Crippen molar-refractivity contribution in [3.05, 3.63) is 203 Å². The molecular weight excluding hydrogens is 691 g/mol. The largest absolute Gasteiger partial charge is 0.324 e. The molecule has 1 unspecified atom stereocenters. The monoisotopic (exact) mass is 735 g/mol. The third-order valence-corrected chi connectivity index (χ3v) is 13.3. The third kappa shape index (κ3) is 5.40. The molecule has 4 aliphatic rings. The van der Waals surface area contributed by atoms with Crippen LogP contribution in [0, 0.1) is 0 Å². The lowest BCUT2D eigenvalue weighted by atomic mass is 9.67. The van der Waals surface area contributed by atoms with Gasteiger partial charge in [-0.25, -0.2) is 9.98 Å². The molecular formula is C54H45N3. The van der Waals surface area contributed by atoms with E-state index in [1.165, 1.54) is 98.9 Å². The van der Waals surface area contributed by atoms with Gasteiger partial charge in [0.25, 0.3) is 0 Å². The van der Waals surface area contributed by atoms with Crippen LogP contribution >= 0.6 is 0 Å². The Balaban J connectivity index is 1.03. The fraction of sp³-hybridized carbons (Fsp3) is 0.185. The van der Waals surface area contributed by atoms with E-state index < -0.39 is 0 Å². The molecule has 1 heterocycles. The summed E-state index contributed by atoms with van der Waals surface area (Å²) in [6.45, 7) is 4.81. The molecule has 3 heteroatoms. The summed E-state index contributed by atoms with van der Waals surface area (Å²) in [6, 6.07) is 60.0. The van der Waals surface area contributed by atoms with E-state index in [0.29, 0.717) is 0 Å². The van der Waals surface area contributed by atoms with Crippen molar-refractivity contribution in [3.63, 3.8) is 0 Å². The molecule has 1 fully saturated rings. The zero-order valence-electron chi connectivity index (χ0n) is 32.6. The highest BCUT2D eigenvalue weighted by Gasteiger charge is 2.47. The van der Waals surface area contributed by atoms with Gasteiger partial charge in [0.1, 0.15) is 11.7 Å². The number of benzene rings is 7. The zero-order valence-corrected chi connectivity index (χ0v) is 32.6. The standard InChI is InChI=1S/C54H45N3/c1-53(2)45-24-11-10-22-42(45)43-33-48-44(34-47(43)53)49-41(23-15-25-46(49)54(48)30-12-5-13-31-54)39-20-14-21-40(32-39)52-56-50(37-18-8-4-9-19-37)55-51(57-52)38-28-26-36(27-29-38)35-16-6-3-7-17-35/h3-4,6-11,14-29,32-34,51H,5,12-13,30-31H2,1-2H3,(H,55,56,57). The quantitative estimate of drug-likeness (QED) is 0.188. The molecule has 1 atom stereocenters. The van der Waals surface area contributed by atoms with E-state index in [9.17, 15) is 0 Å². The summed E-state index contributed by atoms with van der Waals surface area (Å²) in [7, 11) is 0. The van der Waals surface area contributed by atoms with Crippen LogP contribution in [0.2, 0.25) is 0 Å². The van der Waals surface area contributed by atoms with Gasteiger partial charge in [0.05, 0.1) is 0 Å². The van der Waals surface area contributed by atoms with Crippen LogP contribution in [0.4, 0.5) is 0 Å². The zero-order chi connectivity index (χ0) is 38.1. The molecule has 7 aromatic rings. The van der Waals surface area contributed by atoms with Crippen molar-refractivity contribution in [2.75, 3.05) is 0 Å².